The van der Waals surface area contributed by atoms with E-state index < -0.39 is 0 Å². The predicted octanol–water partition coefficient (Wildman–Crippen LogP) is 2.57. The summed E-state index contributed by atoms with van der Waals surface area (Å²) in [6, 6.07) is 8.11. The van der Waals surface area contributed by atoms with Gasteiger partial charge in [0.25, 0.3) is 0 Å². The van der Waals surface area contributed by atoms with Crippen LogP contribution in [-0.4, -0.2) is 23.3 Å². The van der Waals surface area contributed by atoms with Gasteiger partial charge in [-0.1, -0.05) is 35.0 Å². The van der Waals surface area contributed by atoms with Crippen molar-refractivity contribution < 1.29 is 4.42 Å². The summed E-state index contributed by atoms with van der Waals surface area (Å²) in [6.45, 7) is 3.90. The van der Waals surface area contributed by atoms with Crippen molar-refractivity contribution in [1.29, 1.82) is 0 Å². The Morgan fingerprint density at radius 1 is 1.28 bits per heavy atom. The first kappa shape index (κ1) is 13.2. The van der Waals surface area contributed by atoms with Gasteiger partial charge in [0.05, 0.1) is 6.42 Å². The maximum Gasteiger partial charge on any atom is 0.220 e. The van der Waals surface area contributed by atoms with Crippen LogP contribution in [0.15, 0.2) is 33.2 Å². The Bertz CT molecular complexity index is 498. The van der Waals surface area contributed by atoms with E-state index >= 15 is 0 Å². The van der Waals surface area contributed by atoms with Gasteiger partial charge in [0.15, 0.2) is 0 Å². The second-order valence-electron chi connectivity index (χ2n) is 4.00. The van der Waals surface area contributed by atoms with Gasteiger partial charge in [0.2, 0.25) is 11.8 Å². The van der Waals surface area contributed by atoms with E-state index in [0.717, 1.165) is 29.5 Å². The molecule has 0 aliphatic carbocycles. The van der Waals surface area contributed by atoms with Crippen molar-refractivity contribution in [2.24, 2.45) is 0 Å². The molecule has 0 unspecified atom stereocenters. The van der Waals surface area contributed by atoms with Gasteiger partial charge in [-0.3, -0.25) is 0 Å². The Hall–Kier alpha value is -1.20. The molecule has 1 aromatic carbocycles. The molecule has 1 aromatic heterocycles. The SMILES string of the molecule is CCNCCc1nnc(Cc2cccc(Br)c2)o1. The number of rotatable bonds is 6. The molecule has 0 radical (unpaired) electrons. The molecule has 5 heteroatoms. The number of halogens is 1. The van der Waals surface area contributed by atoms with Crippen LogP contribution in [-0.2, 0) is 12.8 Å². The third-order valence-corrected chi connectivity index (χ3v) is 3.01. The van der Waals surface area contributed by atoms with Crippen molar-refractivity contribution in [3.05, 3.63) is 46.1 Å². The summed E-state index contributed by atoms with van der Waals surface area (Å²) in [5.41, 5.74) is 1.16. The van der Waals surface area contributed by atoms with Gasteiger partial charge >= 0.3 is 0 Å². The van der Waals surface area contributed by atoms with Gasteiger partial charge in [-0.05, 0) is 24.2 Å². The highest BCUT2D eigenvalue weighted by atomic mass is 79.9. The fourth-order valence-corrected chi connectivity index (χ4v) is 2.10. The Morgan fingerprint density at radius 2 is 2.11 bits per heavy atom. The first-order valence-electron chi connectivity index (χ1n) is 6.04. The monoisotopic (exact) mass is 309 g/mol. The van der Waals surface area contributed by atoms with E-state index in [4.69, 9.17) is 4.42 Å². The fourth-order valence-electron chi connectivity index (χ4n) is 1.65. The maximum atomic E-state index is 5.60. The van der Waals surface area contributed by atoms with Crippen LogP contribution >= 0.6 is 15.9 Å². The average molecular weight is 310 g/mol. The molecule has 1 N–H and O–H groups in total. The standard InChI is InChI=1S/C13H16BrN3O/c1-2-15-7-6-12-16-17-13(18-12)9-10-4-3-5-11(14)8-10/h3-5,8,15H,2,6-7,9H2,1H3. The lowest BCUT2D eigenvalue weighted by Crippen LogP contribution is -2.16. The lowest BCUT2D eigenvalue weighted by atomic mass is 10.1. The highest BCUT2D eigenvalue weighted by Gasteiger charge is 2.06. The zero-order chi connectivity index (χ0) is 12.8. The average Bonchev–Trinajstić information content (AvgIpc) is 2.77. The molecule has 0 aliphatic rings. The largest absolute Gasteiger partial charge is 0.425 e. The third kappa shape index (κ3) is 3.92. The van der Waals surface area contributed by atoms with Crippen LogP contribution in [0.4, 0.5) is 0 Å². The van der Waals surface area contributed by atoms with Crippen LogP contribution < -0.4 is 5.32 Å². The molecular formula is C13H16BrN3O. The highest BCUT2D eigenvalue weighted by molar-refractivity contribution is 9.10. The van der Waals surface area contributed by atoms with Crippen LogP contribution in [0.3, 0.4) is 0 Å². The van der Waals surface area contributed by atoms with Crippen molar-refractivity contribution in [3.63, 3.8) is 0 Å². The molecule has 0 amide bonds. The number of benzene rings is 1. The minimum Gasteiger partial charge on any atom is -0.425 e. The van der Waals surface area contributed by atoms with Crippen molar-refractivity contribution in [2.75, 3.05) is 13.1 Å². The van der Waals surface area contributed by atoms with Crippen molar-refractivity contribution in [1.82, 2.24) is 15.5 Å². The minimum absolute atomic E-state index is 0.666. The van der Waals surface area contributed by atoms with Gasteiger partial charge in [-0.25, -0.2) is 0 Å². The van der Waals surface area contributed by atoms with Crippen molar-refractivity contribution in [3.8, 4) is 0 Å². The molecule has 0 fully saturated rings. The molecule has 2 aromatic rings. The Labute approximate surface area is 115 Å². The lowest BCUT2D eigenvalue weighted by Gasteiger charge is -1.98. The molecular weight excluding hydrogens is 294 g/mol. The number of hydrogen-bond donors (Lipinski definition) is 1. The number of likely N-dealkylation sites (N-methyl/N-ethyl adjacent to an activating group) is 1. The molecule has 4 nitrogen and oxygen atoms in total. The zero-order valence-corrected chi connectivity index (χ0v) is 11.9. The maximum absolute atomic E-state index is 5.60. The zero-order valence-electron chi connectivity index (χ0n) is 10.3. The van der Waals surface area contributed by atoms with E-state index in [1.807, 2.05) is 18.2 Å². The molecule has 18 heavy (non-hydrogen) atoms. The topological polar surface area (TPSA) is 51.0 Å². The summed E-state index contributed by atoms with van der Waals surface area (Å²) < 4.78 is 6.66. The van der Waals surface area contributed by atoms with Crippen molar-refractivity contribution in [2.45, 2.75) is 19.8 Å². The van der Waals surface area contributed by atoms with E-state index in [1.165, 1.54) is 0 Å². The van der Waals surface area contributed by atoms with E-state index in [9.17, 15) is 0 Å². The normalized spacial score (nSPS) is 10.8. The number of hydrogen-bond acceptors (Lipinski definition) is 4. The van der Waals surface area contributed by atoms with E-state index in [2.05, 4.69) is 44.4 Å². The fraction of sp³-hybridized carbons (Fsp3) is 0.385. The summed E-state index contributed by atoms with van der Waals surface area (Å²) in [7, 11) is 0. The molecule has 0 bridgehead atoms. The van der Waals surface area contributed by atoms with Crippen LogP contribution in [0, 0.1) is 0 Å². The van der Waals surface area contributed by atoms with Gasteiger partial charge in [-0.2, -0.15) is 0 Å². The van der Waals surface area contributed by atoms with Gasteiger partial charge in [0, 0.05) is 17.4 Å². The van der Waals surface area contributed by atoms with E-state index in [1.54, 1.807) is 0 Å². The molecule has 0 spiro atoms. The van der Waals surface area contributed by atoms with Crippen molar-refractivity contribution >= 4 is 15.9 Å². The molecule has 0 aliphatic heterocycles. The van der Waals surface area contributed by atoms with Crippen LogP contribution in [0.1, 0.15) is 24.3 Å². The molecule has 2 rings (SSSR count). The summed E-state index contributed by atoms with van der Waals surface area (Å²) in [5, 5.41) is 11.3. The minimum atomic E-state index is 0.666. The summed E-state index contributed by atoms with van der Waals surface area (Å²) >= 11 is 3.45. The Morgan fingerprint density at radius 3 is 2.89 bits per heavy atom. The van der Waals surface area contributed by atoms with Gasteiger partial charge < -0.3 is 9.73 Å². The van der Waals surface area contributed by atoms with Gasteiger partial charge in [0.1, 0.15) is 0 Å². The van der Waals surface area contributed by atoms with Crippen LogP contribution in [0.25, 0.3) is 0 Å². The Kier molecular flexibility index (Phi) is 4.90. The Balaban J connectivity index is 1.94. The summed E-state index contributed by atoms with van der Waals surface area (Å²) in [4.78, 5) is 0. The number of nitrogens with zero attached hydrogens (tertiary/aromatic N) is 2. The molecule has 0 atom stereocenters. The van der Waals surface area contributed by atoms with Gasteiger partial charge in [-0.15, -0.1) is 10.2 Å². The smallest absolute Gasteiger partial charge is 0.220 e. The second kappa shape index (κ2) is 6.66. The summed E-state index contributed by atoms with van der Waals surface area (Å²) in [6.07, 6.45) is 1.45. The second-order valence-corrected chi connectivity index (χ2v) is 4.92. The summed E-state index contributed by atoms with van der Waals surface area (Å²) in [5.74, 6) is 1.36. The first-order chi connectivity index (χ1) is 8.78. The molecule has 0 saturated heterocycles. The quantitative estimate of drug-likeness (QED) is 0.833. The van der Waals surface area contributed by atoms with Crippen LogP contribution in [0.5, 0.6) is 0 Å². The molecule has 0 saturated carbocycles. The molecule has 1 heterocycles. The highest BCUT2D eigenvalue weighted by Crippen LogP contribution is 2.14. The molecule has 96 valence electrons. The predicted molar refractivity (Wildman–Crippen MR) is 73.5 cm³/mol. The third-order valence-electron chi connectivity index (χ3n) is 2.52. The van der Waals surface area contributed by atoms with Crippen LogP contribution in [0.2, 0.25) is 0 Å². The van der Waals surface area contributed by atoms with E-state index in [0.29, 0.717) is 18.2 Å². The number of nitrogens with one attached hydrogen (secondary N) is 1. The van der Waals surface area contributed by atoms with E-state index in [-0.39, 0.29) is 0 Å². The lowest BCUT2D eigenvalue weighted by molar-refractivity contribution is 0.452. The number of aromatic nitrogens is 2. The first-order valence-corrected chi connectivity index (χ1v) is 6.83.